The number of rotatable bonds is 4. The number of carbonyl (C=O) groups excluding carboxylic acids is 3. The highest BCUT2D eigenvalue weighted by molar-refractivity contribution is 5.96. The van der Waals surface area contributed by atoms with Gasteiger partial charge in [-0.05, 0) is 78.6 Å². The lowest BCUT2D eigenvalue weighted by Gasteiger charge is -2.60. The molecule has 2 fully saturated rings. The second kappa shape index (κ2) is 9.43. The monoisotopic (exact) mass is 522 g/mol. The Bertz CT molecular complexity index is 1360. The molecule has 0 N–H and O–H groups in total. The second-order valence-electron chi connectivity index (χ2n) is 12.9. The van der Waals surface area contributed by atoms with Gasteiger partial charge in [0, 0.05) is 17.8 Å². The molecule has 4 heteroatoms. The standard InChI is InChI=1S/C35H38O4/c1-33-18-16-26(36)21-25(33)14-15-27-28(33)17-19-34(2)30(27)22-29(24-12-8-5-9-13-24)35(3,32(34)38)39-31(37)20-23-10-6-4-7-11-23/h4-15,21,27-30H,16-20,22H2,1-3H3/t27-,28+,29-,30+,33+,34+,35-/m1/s1. The van der Waals surface area contributed by atoms with Gasteiger partial charge >= 0.3 is 5.97 Å². The van der Waals surface area contributed by atoms with E-state index in [1.165, 1.54) is 0 Å². The Morgan fingerprint density at radius 2 is 1.59 bits per heavy atom. The molecule has 0 bridgehead atoms. The van der Waals surface area contributed by atoms with Crippen molar-refractivity contribution >= 4 is 17.5 Å². The molecule has 2 saturated carbocycles. The van der Waals surface area contributed by atoms with Crippen molar-refractivity contribution < 1.29 is 19.1 Å². The minimum Gasteiger partial charge on any atom is -0.450 e. The van der Waals surface area contributed by atoms with Crippen LogP contribution in [0.3, 0.4) is 0 Å². The second-order valence-corrected chi connectivity index (χ2v) is 12.9. The van der Waals surface area contributed by atoms with Gasteiger partial charge in [0.15, 0.2) is 17.2 Å². The third kappa shape index (κ3) is 4.15. The number of hydrogen-bond acceptors (Lipinski definition) is 4. The highest BCUT2D eigenvalue weighted by Gasteiger charge is 2.65. The Kier molecular flexibility index (Phi) is 6.28. The fourth-order valence-corrected chi connectivity index (χ4v) is 8.54. The lowest BCUT2D eigenvalue weighted by Crippen LogP contribution is -2.63. The fourth-order valence-electron chi connectivity index (χ4n) is 8.54. The van der Waals surface area contributed by atoms with Gasteiger partial charge in [0.05, 0.1) is 6.42 Å². The molecule has 2 aromatic rings. The number of esters is 1. The zero-order valence-electron chi connectivity index (χ0n) is 23.2. The lowest BCUT2D eigenvalue weighted by molar-refractivity contribution is -0.187. The first-order valence-corrected chi connectivity index (χ1v) is 14.4. The maximum absolute atomic E-state index is 14.7. The fraction of sp³-hybridized carbons (Fsp3) is 0.457. The van der Waals surface area contributed by atoms with Gasteiger partial charge in [0.25, 0.3) is 0 Å². The zero-order chi connectivity index (χ0) is 27.4. The van der Waals surface area contributed by atoms with E-state index >= 15 is 0 Å². The first kappa shape index (κ1) is 26.0. The molecule has 4 aliphatic carbocycles. The van der Waals surface area contributed by atoms with Crippen LogP contribution in [0.2, 0.25) is 0 Å². The van der Waals surface area contributed by atoms with Crippen LogP contribution in [-0.4, -0.2) is 23.1 Å². The van der Waals surface area contributed by atoms with Gasteiger partial charge in [-0.25, -0.2) is 0 Å². The maximum atomic E-state index is 14.7. The summed E-state index contributed by atoms with van der Waals surface area (Å²) < 4.78 is 6.28. The molecule has 0 amide bonds. The quantitative estimate of drug-likeness (QED) is 0.414. The Hall–Kier alpha value is -3.27. The first-order valence-electron chi connectivity index (χ1n) is 14.4. The van der Waals surface area contributed by atoms with Crippen molar-refractivity contribution in [3.05, 3.63) is 95.6 Å². The van der Waals surface area contributed by atoms with Crippen molar-refractivity contribution in [1.29, 1.82) is 0 Å². The van der Waals surface area contributed by atoms with Gasteiger partial charge in [-0.2, -0.15) is 0 Å². The van der Waals surface area contributed by atoms with E-state index < -0.39 is 11.0 Å². The van der Waals surface area contributed by atoms with Gasteiger partial charge in [0.2, 0.25) is 0 Å². The summed E-state index contributed by atoms with van der Waals surface area (Å²) in [5.74, 6) is 0.472. The largest absolute Gasteiger partial charge is 0.450 e. The average Bonchev–Trinajstić information content (AvgIpc) is 2.92. The van der Waals surface area contributed by atoms with Crippen LogP contribution in [0.1, 0.15) is 69.9 Å². The van der Waals surface area contributed by atoms with E-state index in [4.69, 9.17) is 4.74 Å². The van der Waals surface area contributed by atoms with Crippen molar-refractivity contribution in [3.63, 3.8) is 0 Å². The Morgan fingerprint density at radius 3 is 2.31 bits per heavy atom. The number of Topliss-reactive ketones (excluding diaryl/α,β-unsaturated/α-hetero) is 1. The summed E-state index contributed by atoms with van der Waals surface area (Å²) in [7, 11) is 0. The van der Waals surface area contributed by atoms with Gasteiger partial charge in [-0.15, -0.1) is 0 Å². The van der Waals surface area contributed by atoms with Crippen LogP contribution in [-0.2, 0) is 25.5 Å². The number of carbonyl (C=O) groups is 3. The van der Waals surface area contributed by atoms with E-state index in [1.54, 1.807) is 0 Å². The van der Waals surface area contributed by atoms with Gasteiger partial charge < -0.3 is 4.74 Å². The molecule has 4 aliphatic rings. The van der Waals surface area contributed by atoms with Crippen LogP contribution in [0, 0.1) is 28.6 Å². The third-order valence-electron chi connectivity index (χ3n) is 10.7. The summed E-state index contributed by atoms with van der Waals surface area (Å²) in [6.45, 7) is 6.30. The van der Waals surface area contributed by atoms with Crippen molar-refractivity contribution in [2.24, 2.45) is 28.6 Å². The molecule has 0 saturated heterocycles. The van der Waals surface area contributed by atoms with Crippen molar-refractivity contribution in [1.82, 2.24) is 0 Å². The van der Waals surface area contributed by atoms with Crippen LogP contribution in [0.15, 0.2) is 84.5 Å². The smallest absolute Gasteiger partial charge is 0.311 e. The molecule has 202 valence electrons. The summed E-state index contributed by atoms with van der Waals surface area (Å²) in [5, 5.41) is 0. The van der Waals surface area contributed by atoms with Gasteiger partial charge in [0.1, 0.15) is 0 Å². The van der Waals surface area contributed by atoms with Crippen LogP contribution in [0.4, 0.5) is 0 Å². The number of ketones is 2. The van der Waals surface area contributed by atoms with E-state index in [2.05, 4.69) is 38.1 Å². The predicted molar refractivity (Wildman–Crippen MR) is 151 cm³/mol. The normalized spacial score (nSPS) is 37.3. The first-order chi connectivity index (χ1) is 18.6. The molecular weight excluding hydrogens is 484 g/mol. The molecule has 0 aliphatic heterocycles. The Morgan fingerprint density at radius 1 is 0.897 bits per heavy atom. The van der Waals surface area contributed by atoms with E-state index in [9.17, 15) is 14.4 Å². The van der Waals surface area contributed by atoms with E-state index in [-0.39, 0.29) is 47.1 Å². The topological polar surface area (TPSA) is 60.4 Å². The Balaban J connectivity index is 1.38. The summed E-state index contributed by atoms with van der Waals surface area (Å²) >= 11 is 0. The summed E-state index contributed by atoms with van der Waals surface area (Å²) in [6, 6.07) is 19.7. The molecule has 4 nitrogen and oxygen atoms in total. The molecule has 0 aromatic heterocycles. The molecule has 2 aromatic carbocycles. The Labute approximate surface area is 231 Å². The van der Waals surface area contributed by atoms with E-state index in [0.717, 1.165) is 42.4 Å². The minimum absolute atomic E-state index is 0.0388. The zero-order valence-corrected chi connectivity index (χ0v) is 23.2. The van der Waals surface area contributed by atoms with Crippen molar-refractivity contribution in [3.8, 4) is 0 Å². The maximum Gasteiger partial charge on any atom is 0.311 e. The van der Waals surface area contributed by atoms with Gasteiger partial charge in [-0.1, -0.05) is 86.7 Å². The lowest BCUT2D eigenvalue weighted by atomic mass is 9.43. The predicted octanol–water partition coefficient (Wildman–Crippen LogP) is 6.80. The third-order valence-corrected chi connectivity index (χ3v) is 10.7. The van der Waals surface area contributed by atoms with Crippen molar-refractivity contribution in [2.75, 3.05) is 0 Å². The number of benzene rings is 2. The van der Waals surface area contributed by atoms with E-state index in [1.807, 2.05) is 61.5 Å². The molecule has 6 rings (SSSR count). The summed E-state index contributed by atoms with van der Waals surface area (Å²) in [5.41, 5.74) is 1.22. The van der Waals surface area contributed by atoms with Gasteiger partial charge in [-0.3, -0.25) is 14.4 Å². The number of fused-ring (bicyclic) bond motifs is 5. The summed E-state index contributed by atoms with van der Waals surface area (Å²) in [6.07, 6.45) is 10.4. The molecule has 0 spiro atoms. The molecular formula is C35H38O4. The van der Waals surface area contributed by atoms with Crippen LogP contribution >= 0.6 is 0 Å². The molecule has 0 heterocycles. The number of hydrogen-bond donors (Lipinski definition) is 0. The highest BCUT2D eigenvalue weighted by atomic mass is 16.6. The average molecular weight is 523 g/mol. The van der Waals surface area contributed by atoms with Crippen LogP contribution in [0.25, 0.3) is 0 Å². The number of allylic oxidation sites excluding steroid dienone is 4. The molecule has 7 atom stereocenters. The molecule has 39 heavy (non-hydrogen) atoms. The van der Waals surface area contributed by atoms with Crippen LogP contribution < -0.4 is 0 Å². The number of ether oxygens (including phenoxy) is 1. The highest BCUT2D eigenvalue weighted by Crippen LogP contribution is 2.64. The molecule has 0 radical (unpaired) electrons. The SMILES string of the molecule is C[C@]12CCC(=O)C=C1C=C[C@@H]1[C@@H]2CC[C@]2(C)C(=O)[C@](C)(OC(=O)Cc3ccccc3)[C@@H](c3ccccc3)C[C@@H]12. The minimum atomic E-state index is -1.24. The summed E-state index contributed by atoms with van der Waals surface area (Å²) in [4.78, 5) is 40.2. The van der Waals surface area contributed by atoms with Crippen molar-refractivity contribution in [2.45, 2.75) is 70.8 Å². The molecule has 0 unspecified atom stereocenters. The van der Waals surface area contributed by atoms with Crippen LogP contribution in [0.5, 0.6) is 0 Å². The van der Waals surface area contributed by atoms with E-state index in [0.29, 0.717) is 12.3 Å².